The van der Waals surface area contributed by atoms with Crippen molar-refractivity contribution in [3.05, 3.63) is 125 Å². The second kappa shape index (κ2) is 12.8. The number of hydrogen-bond donors (Lipinski definition) is 0. The lowest BCUT2D eigenvalue weighted by molar-refractivity contribution is 0.584. The summed E-state index contributed by atoms with van der Waals surface area (Å²) in [4.78, 5) is 11.6. The van der Waals surface area contributed by atoms with Crippen LogP contribution in [0.2, 0.25) is 0 Å². The van der Waals surface area contributed by atoms with Crippen molar-refractivity contribution in [3.63, 3.8) is 0 Å². The summed E-state index contributed by atoms with van der Waals surface area (Å²) in [5, 5.41) is 0. The Labute approximate surface area is 249 Å². The Morgan fingerprint density at radius 3 is 1.42 bits per heavy atom. The molecule has 7 heteroatoms. The first-order valence-electron chi connectivity index (χ1n) is 14.5. The lowest BCUT2D eigenvalue weighted by Crippen LogP contribution is -2.15. The monoisotopic (exact) mass is 583 g/mol. The maximum absolute atomic E-state index is 15.0. The van der Waals surface area contributed by atoms with E-state index in [1.54, 1.807) is 0 Å². The average molecular weight is 584 g/mol. The van der Waals surface area contributed by atoms with Crippen LogP contribution in [0.4, 0.5) is 34.9 Å². The van der Waals surface area contributed by atoms with Gasteiger partial charge in [-0.3, -0.25) is 4.90 Å². The Balaban J connectivity index is 1.79. The first-order valence-corrected chi connectivity index (χ1v) is 14.5. The fourth-order valence-corrected chi connectivity index (χ4v) is 4.97. The van der Waals surface area contributed by atoms with Crippen molar-refractivity contribution in [2.75, 3.05) is 4.90 Å². The van der Waals surface area contributed by atoms with E-state index in [2.05, 4.69) is 27.7 Å². The second-order valence-electron chi connectivity index (χ2n) is 10.8. The summed E-state index contributed by atoms with van der Waals surface area (Å²) < 4.78 is 57.7. The first-order chi connectivity index (χ1) is 20.7. The Morgan fingerprint density at radius 2 is 1.02 bits per heavy atom. The molecule has 3 nitrogen and oxygen atoms in total. The highest BCUT2D eigenvalue weighted by Gasteiger charge is 2.22. The zero-order valence-electron chi connectivity index (χ0n) is 24.6. The molecule has 5 aromatic rings. The fraction of sp³-hybridized carbons (Fsp3) is 0.222. The van der Waals surface area contributed by atoms with Gasteiger partial charge in [-0.25, -0.2) is 27.5 Å². The minimum atomic E-state index is -0.711. The maximum Gasteiger partial charge on any atom is 0.139 e. The third kappa shape index (κ3) is 6.46. The van der Waals surface area contributed by atoms with Gasteiger partial charge in [0, 0.05) is 28.9 Å². The molecule has 2 unspecified atom stereocenters. The highest BCUT2D eigenvalue weighted by Crippen LogP contribution is 2.39. The van der Waals surface area contributed by atoms with E-state index in [4.69, 9.17) is 9.97 Å². The summed E-state index contributed by atoms with van der Waals surface area (Å²) in [6.07, 6.45) is 1.66. The van der Waals surface area contributed by atoms with Gasteiger partial charge in [0.25, 0.3) is 0 Å². The van der Waals surface area contributed by atoms with Gasteiger partial charge < -0.3 is 0 Å². The fourth-order valence-electron chi connectivity index (χ4n) is 4.97. The summed E-state index contributed by atoms with van der Waals surface area (Å²) in [7, 11) is 0. The molecule has 0 amide bonds. The standard InChI is InChI=1S/C36H33F4N3/c1-5-22(3)24-16-33(29-14-12-26(37)20-31(29)39)41-35(18-24)43(28-10-8-7-9-11-28)36-19-25(23(4)6-2)17-34(42-36)30-15-13-27(38)21-32(30)40/h7-23H,5-6H2,1-4H3. The molecule has 0 spiro atoms. The predicted molar refractivity (Wildman–Crippen MR) is 165 cm³/mol. The average Bonchev–Trinajstić information content (AvgIpc) is 3.00. The van der Waals surface area contributed by atoms with Crippen LogP contribution in [-0.4, -0.2) is 9.97 Å². The number of rotatable bonds is 9. The lowest BCUT2D eigenvalue weighted by Gasteiger charge is -2.27. The third-order valence-corrected chi connectivity index (χ3v) is 7.92. The Kier molecular flexibility index (Phi) is 8.90. The molecule has 0 saturated carbocycles. The summed E-state index contributed by atoms with van der Waals surface area (Å²) in [6, 6.07) is 24.0. The molecule has 3 aromatic carbocycles. The molecular weight excluding hydrogens is 550 g/mol. The van der Waals surface area contributed by atoms with Gasteiger partial charge in [-0.15, -0.1) is 0 Å². The molecule has 0 aliphatic rings. The van der Waals surface area contributed by atoms with Crippen LogP contribution >= 0.6 is 0 Å². The molecule has 0 saturated heterocycles. The van der Waals surface area contributed by atoms with Crippen molar-refractivity contribution in [3.8, 4) is 22.5 Å². The third-order valence-electron chi connectivity index (χ3n) is 7.92. The van der Waals surface area contributed by atoms with E-state index >= 15 is 8.78 Å². The van der Waals surface area contributed by atoms with E-state index in [1.165, 1.54) is 24.3 Å². The van der Waals surface area contributed by atoms with E-state index < -0.39 is 23.3 Å². The minimum Gasteiger partial charge on any atom is -0.279 e. The molecule has 2 atom stereocenters. The lowest BCUT2D eigenvalue weighted by atomic mass is 9.96. The highest BCUT2D eigenvalue weighted by atomic mass is 19.1. The number of anilines is 3. The van der Waals surface area contributed by atoms with E-state index in [0.29, 0.717) is 23.0 Å². The van der Waals surface area contributed by atoms with Gasteiger partial charge >= 0.3 is 0 Å². The van der Waals surface area contributed by atoms with Crippen LogP contribution in [0, 0.1) is 23.3 Å². The van der Waals surface area contributed by atoms with Gasteiger partial charge in [-0.2, -0.15) is 0 Å². The Morgan fingerprint density at radius 1 is 0.581 bits per heavy atom. The number of benzene rings is 3. The highest BCUT2D eigenvalue weighted by molar-refractivity contribution is 5.77. The van der Waals surface area contributed by atoms with Crippen molar-refractivity contribution < 1.29 is 17.6 Å². The van der Waals surface area contributed by atoms with Gasteiger partial charge in [0.15, 0.2) is 0 Å². The number of hydrogen-bond acceptors (Lipinski definition) is 3. The zero-order chi connectivity index (χ0) is 30.7. The van der Waals surface area contributed by atoms with Crippen molar-refractivity contribution in [1.29, 1.82) is 0 Å². The quantitative estimate of drug-likeness (QED) is 0.162. The molecular formula is C36H33F4N3. The molecule has 2 heterocycles. The van der Waals surface area contributed by atoms with E-state index in [0.717, 1.165) is 41.8 Å². The van der Waals surface area contributed by atoms with Crippen LogP contribution in [0.15, 0.2) is 91.0 Å². The molecule has 0 bridgehead atoms. The Bertz CT molecular complexity index is 1630. The van der Waals surface area contributed by atoms with Crippen LogP contribution in [-0.2, 0) is 0 Å². The number of para-hydroxylation sites is 1. The first kappa shape index (κ1) is 30.0. The number of pyridine rings is 2. The smallest absolute Gasteiger partial charge is 0.139 e. The summed E-state index contributed by atoms with van der Waals surface area (Å²) >= 11 is 0. The van der Waals surface area contributed by atoms with Crippen LogP contribution in [0.25, 0.3) is 22.5 Å². The maximum atomic E-state index is 15.0. The van der Waals surface area contributed by atoms with Crippen molar-refractivity contribution in [1.82, 2.24) is 9.97 Å². The van der Waals surface area contributed by atoms with E-state index in [1.807, 2.05) is 59.5 Å². The molecule has 220 valence electrons. The van der Waals surface area contributed by atoms with Gasteiger partial charge in [0.2, 0.25) is 0 Å². The zero-order valence-corrected chi connectivity index (χ0v) is 24.6. The van der Waals surface area contributed by atoms with Crippen molar-refractivity contribution in [2.45, 2.75) is 52.4 Å². The molecule has 0 aliphatic carbocycles. The molecule has 5 rings (SSSR count). The molecule has 0 fully saturated rings. The predicted octanol–water partition coefficient (Wildman–Crippen LogP) is 10.9. The molecule has 2 aromatic heterocycles. The molecule has 0 aliphatic heterocycles. The molecule has 0 N–H and O–H groups in total. The summed E-state index contributed by atoms with van der Waals surface area (Å²) in [5.41, 5.74) is 3.65. The summed E-state index contributed by atoms with van der Waals surface area (Å²) in [6.45, 7) is 8.29. The van der Waals surface area contributed by atoms with Gasteiger partial charge in [-0.1, -0.05) is 45.9 Å². The second-order valence-corrected chi connectivity index (χ2v) is 10.8. The van der Waals surface area contributed by atoms with Crippen LogP contribution in [0.5, 0.6) is 0 Å². The van der Waals surface area contributed by atoms with Crippen LogP contribution in [0.3, 0.4) is 0 Å². The molecule has 0 radical (unpaired) electrons. The minimum absolute atomic E-state index is 0.116. The van der Waals surface area contributed by atoms with Gasteiger partial charge in [0.05, 0.1) is 11.4 Å². The van der Waals surface area contributed by atoms with E-state index in [-0.39, 0.29) is 23.0 Å². The number of nitrogens with zero attached hydrogens (tertiary/aromatic N) is 3. The molecule has 43 heavy (non-hydrogen) atoms. The Hall–Kier alpha value is -4.52. The normalized spacial score (nSPS) is 12.7. The van der Waals surface area contributed by atoms with E-state index in [9.17, 15) is 8.78 Å². The largest absolute Gasteiger partial charge is 0.279 e. The van der Waals surface area contributed by atoms with Crippen molar-refractivity contribution in [2.24, 2.45) is 0 Å². The van der Waals surface area contributed by atoms with Crippen LogP contribution in [0.1, 0.15) is 63.5 Å². The SMILES string of the molecule is CCC(C)c1cc(-c2ccc(F)cc2F)nc(N(c2ccccc2)c2cc(C(C)CC)cc(-c3ccc(F)cc3F)n2)c1. The topological polar surface area (TPSA) is 29.0 Å². The number of aromatic nitrogens is 2. The van der Waals surface area contributed by atoms with Gasteiger partial charge in [0.1, 0.15) is 34.9 Å². The van der Waals surface area contributed by atoms with Crippen molar-refractivity contribution >= 4 is 17.3 Å². The van der Waals surface area contributed by atoms with Crippen LogP contribution < -0.4 is 4.90 Å². The number of halogens is 4. The van der Waals surface area contributed by atoms with Gasteiger partial charge in [-0.05, 0) is 96.5 Å². The summed E-state index contributed by atoms with van der Waals surface area (Å²) in [5.74, 6) is -1.58.